The lowest BCUT2D eigenvalue weighted by Crippen LogP contribution is -2.27. The van der Waals surface area contributed by atoms with Gasteiger partial charge in [0.1, 0.15) is 12.3 Å². The topological polar surface area (TPSA) is 60.3 Å². The minimum absolute atomic E-state index is 0.136. The molecule has 5 heteroatoms. The highest BCUT2D eigenvalue weighted by atomic mass is 16.5. The van der Waals surface area contributed by atoms with Gasteiger partial charge in [0.05, 0.1) is 12.8 Å². The molecular formula is C15H16N2O3. The largest absolute Gasteiger partial charge is 0.497 e. The Bertz CT molecular complexity index is 587. The van der Waals surface area contributed by atoms with Crippen molar-refractivity contribution in [3.05, 3.63) is 53.9 Å². The molecule has 0 atom stereocenters. The number of carbonyl (C=O) groups excluding carboxylic acids is 2. The first kappa shape index (κ1) is 13.9. The molecule has 0 aliphatic carbocycles. The highest BCUT2D eigenvalue weighted by Crippen LogP contribution is 2.10. The Morgan fingerprint density at radius 1 is 1.30 bits per heavy atom. The molecule has 1 aromatic carbocycles. The van der Waals surface area contributed by atoms with E-state index in [9.17, 15) is 9.59 Å². The smallest absolute Gasteiger partial charge is 0.240 e. The molecule has 1 heterocycles. The standard InChI is InChI=1S/C15H16N2O3/c1-20-14-6-4-12(5-7-14)9-16-15(19)10-17-8-2-3-13(17)11-18/h2-8,11H,9-10H2,1H3,(H,16,19). The van der Waals surface area contributed by atoms with Crippen LogP contribution in [0.3, 0.4) is 0 Å². The molecule has 0 unspecified atom stereocenters. The van der Waals surface area contributed by atoms with Crippen molar-refractivity contribution in [2.24, 2.45) is 0 Å². The minimum Gasteiger partial charge on any atom is -0.497 e. The second-order valence-corrected chi connectivity index (χ2v) is 4.30. The Balaban J connectivity index is 1.87. The summed E-state index contributed by atoms with van der Waals surface area (Å²) in [5, 5.41) is 2.81. The second kappa shape index (κ2) is 6.56. The molecule has 104 valence electrons. The molecule has 0 aliphatic rings. The van der Waals surface area contributed by atoms with Gasteiger partial charge in [-0.25, -0.2) is 0 Å². The lowest BCUT2D eigenvalue weighted by atomic mass is 10.2. The van der Waals surface area contributed by atoms with Gasteiger partial charge >= 0.3 is 0 Å². The molecule has 0 fully saturated rings. The first-order chi connectivity index (χ1) is 9.72. The Hall–Kier alpha value is -2.56. The third kappa shape index (κ3) is 3.47. The zero-order chi connectivity index (χ0) is 14.4. The number of ether oxygens (including phenoxy) is 1. The van der Waals surface area contributed by atoms with Crippen LogP contribution in [0, 0.1) is 0 Å². The lowest BCUT2D eigenvalue weighted by Gasteiger charge is -2.08. The molecule has 5 nitrogen and oxygen atoms in total. The van der Waals surface area contributed by atoms with E-state index >= 15 is 0 Å². The molecule has 1 amide bonds. The predicted molar refractivity (Wildman–Crippen MR) is 74.7 cm³/mol. The molecule has 0 spiro atoms. The van der Waals surface area contributed by atoms with E-state index < -0.39 is 0 Å². The Morgan fingerprint density at radius 3 is 2.70 bits per heavy atom. The van der Waals surface area contributed by atoms with Crippen LogP contribution in [0.5, 0.6) is 5.75 Å². The van der Waals surface area contributed by atoms with Crippen LogP contribution < -0.4 is 10.1 Å². The van der Waals surface area contributed by atoms with Crippen LogP contribution >= 0.6 is 0 Å². The van der Waals surface area contributed by atoms with Gasteiger partial charge in [-0.1, -0.05) is 12.1 Å². The van der Waals surface area contributed by atoms with Gasteiger partial charge in [-0.2, -0.15) is 0 Å². The van der Waals surface area contributed by atoms with E-state index in [4.69, 9.17) is 4.74 Å². The average Bonchev–Trinajstić information content (AvgIpc) is 2.92. The van der Waals surface area contributed by atoms with E-state index in [2.05, 4.69) is 5.32 Å². The minimum atomic E-state index is -0.139. The van der Waals surface area contributed by atoms with Gasteiger partial charge < -0.3 is 14.6 Å². The van der Waals surface area contributed by atoms with Gasteiger partial charge in [-0.3, -0.25) is 9.59 Å². The van der Waals surface area contributed by atoms with Gasteiger partial charge in [0.2, 0.25) is 5.91 Å². The fourth-order valence-corrected chi connectivity index (χ4v) is 1.83. The SMILES string of the molecule is COc1ccc(CNC(=O)Cn2cccc2C=O)cc1. The summed E-state index contributed by atoms with van der Waals surface area (Å²) in [7, 11) is 1.61. The summed E-state index contributed by atoms with van der Waals surface area (Å²) in [5.41, 5.74) is 1.48. The van der Waals surface area contributed by atoms with E-state index in [0.717, 1.165) is 17.6 Å². The van der Waals surface area contributed by atoms with E-state index in [0.29, 0.717) is 12.2 Å². The number of aldehydes is 1. The number of rotatable bonds is 6. The normalized spacial score (nSPS) is 10.1. The molecule has 2 aromatic rings. The van der Waals surface area contributed by atoms with Crippen molar-refractivity contribution in [3.8, 4) is 5.75 Å². The van der Waals surface area contributed by atoms with Crippen LogP contribution in [0.2, 0.25) is 0 Å². The van der Waals surface area contributed by atoms with E-state index in [1.807, 2.05) is 24.3 Å². The summed E-state index contributed by atoms with van der Waals surface area (Å²) in [4.78, 5) is 22.5. The van der Waals surface area contributed by atoms with E-state index in [-0.39, 0.29) is 12.5 Å². The van der Waals surface area contributed by atoms with Gasteiger partial charge in [-0.05, 0) is 29.8 Å². The maximum Gasteiger partial charge on any atom is 0.240 e. The molecule has 1 aromatic heterocycles. The number of amides is 1. The number of carbonyl (C=O) groups is 2. The van der Waals surface area contributed by atoms with Crippen LogP contribution in [0.15, 0.2) is 42.6 Å². The molecular weight excluding hydrogens is 256 g/mol. The van der Waals surface area contributed by atoms with Crippen LogP contribution in [-0.2, 0) is 17.9 Å². The number of hydrogen-bond donors (Lipinski definition) is 1. The van der Waals surface area contributed by atoms with Crippen molar-refractivity contribution < 1.29 is 14.3 Å². The summed E-state index contributed by atoms with van der Waals surface area (Å²) in [6.07, 6.45) is 2.44. The number of nitrogens with zero attached hydrogens (tertiary/aromatic N) is 1. The Morgan fingerprint density at radius 2 is 2.05 bits per heavy atom. The van der Waals surface area contributed by atoms with Gasteiger partial charge in [-0.15, -0.1) is 0 Å². The average molecular weight is 272 g/mol. The number of nitrogens with one attached hydrogen (secondary N) is 1. The van der Waals surface area contributed by atoms with E-state index in [1.54, 1.807) is 30.0 Å². The molecule has 0 saturated heterocycles. The molecule has 20 heavy (non-hydrogen) atoms. The van der Waals surface area contributed by atoms with Gasteiger partial charge in [0.25, 0.3) is 0 Å². The van der Waals surface area contributed by atoms with Crippen LogP contribution in [0.1, 0.15) is 16.1 Å². The van der Waals surface area contributed by atoms with Crippen LogP contribution in [0.4, 0.5) is 0 Å². The Kier molecular flexibility index (Phi) is 4.55. The highest BCUT2D eigenvalue weighted by molar-refractivity contribution is 5.78. The molecule has 0 bridgehead atoms. The molecule has 1 N–H and O–H groups in total. The van der Waals surface area contributed by atoms with E-state index in [1.165, 1.54) is 0 Å². The van der Waals surface area contributed by atoms with Crippen molar-refractivity contribution in [2.75, 3.05) is 7.11 Å². The summed E-state index contributed by atoms with van der Waals surface area (Å²) >= 11 is 0. The number of aromatic nitrogens is 1. The maximum atomic E-state index is 11.8. The van der Waals surface area contributed by atoms with Crippen molar-refractivity contribution in [1.29, 1.82) is 0 Å². The second-order valence-electron chi connectivity index (χ2n) is 4.30. The zero-order valence-electron chi connectivity index (χ0n) is 11.2. The summed E-state index contributed by atoms with van der Waals surface area (Å²) in [6, 6.07) is 10.9. The summed E-state index contributed by atoms with van der Waals surface area (Å²) in [6.45, 7) is 0.581. The fraction of sp³-hybridized carbons (Fsp3) is 0.200. The lowest BCUT2D eigenvalue weighted by molar-refractivity contribution is -0.121. The molecule has 0 aliphatic heterocycles. The highest BCUT2D eigenvalue weighted by Gasteiger charge is 2.05. The monoisotopic (exact) mass is 272 g/mol. The predicted octanol–water partition coefficient (Wildman–Crippen LogP) is 1.63. The molecule has 0 radical (unpaired) electrons. The quantitative estimate of drug-likeness (QED) is 0.813. The number of hydrogen-bond acceptors (Lipinski definition) is 3. The summed E-state index contributed by atoms with van der Waals surface area (Å²) < 4.78 is 6.67. The van der Waals surface area contributed by atoms with Gasteiger partial charge in [0.15, 0.2) is 6.29 Å². The third-order valence-corrected chi connectivity index (χ3v) is 2.95. The van der Waals surface area contributed by atoms with Gasteiger partial charge in [0, 0.05) is 12.7 Å². The third-order valence-electron chi connectivity index (χ3n) is 2.95. The van der Waals surface area contributed by atoms with Crippen molar-refractivity contribution in [1.82, 2.24) is 9.88 Å². The van der Waals surface area contributed by atoms with Crippen LogP contribution in [-0.4, -0.2) is 23.9 Å². The number of benzene rings is 1. The maximum absolute atomic E-state index is 11.8. The first-order valence-electron chi connectivity index (χ1n) is 6.23. The van der Waals surface area contributed by atoms with Crippen molar-refractivity contribution in [2.45, 2.75) is 13.1 Å². The van der Waals surface area contributed by atoms with Crippen LogP contribution in [0.25, 0.3) is 0 Å². The summed E-state index contributed by atoms with van der Waals surface area (Å²) in [5.74, 6) is 0.642. The number of methoxy groups -OCH3 is 1. The Labute approximate surface area is 117 Å². The van der Waals surface area contributed by atoms with Crippen molar-refractivity contribution >= 4 is 12.2 Å². The fourth-order valence-electron chi connectivity index (χ4n) is 1.83. The molecule has 0 saturated carbocycles. The first-order valence-corrected chi connectivity index (χ1v) is 6.23. The van der Waals surface area contributed by atoms with Crippen molar-refractivity contribution in [3.63, 3.8) is 0 Å². The molecule has 2 rings (SSSR count). The zero-order valence-corrected chi connectivity index (χ0v) is 11.2.